The summed E-state index contributed by atoms with van der Waals surface area (Å²) in [5, 5.41) is 4.14. The van der Waals surface area contributed by atoms with Gasteiger partial charge >= 0.3 is 0 Å². The van der Waals surface area contributed by atoms with Crippen molar-refractivity contribution in [2.24, 2.45) is 0 Å². The molecule has 1 unspecified atom stereocenters. The summed E-state index contributed by atoms with van der Waals surface area (Å²) in [7, 11) is 0. The lowest BCUT2D eigenvalue weighted by atomic mass is 10.2. The first-order valence-corrected chi connectivity index (χ1v) is 9.26. The Labute approximate surface area is 124 Å². The van der Waals surface area contributed by atoms with Crippen LogP contribution in [0.2, 0.25) is 0 Å². The summed E-state index contributed by atoms with van der Waals surface area (Å²) in [4.78, 5) is 9.47. The molecule has 3 nitrogen and oxygen atoms in total. The largest absolute Gasteiger partial charge is 0.370 e. The lowest BCUT2D eigenvalue weighted by Gasteiger charge is -2.12. The monoisotopic (exact) mass is 297 g/mol. The van der Waals surface area contributed by atoms with E-state index in [0.717, 1.165) is 41.9 Å². The van der Waals surface area contributed by atoms with E-state index in [2.05, 4.69) is 26.1 Å². The van der Waals surface area contributed by atoms with Crippen LogP contribution in [0.25, 0.3) is 0 Å². The summed E-state index contributed by atoms with van der Waals surface area (Å²) in [5.41, 5.74) is 2.58. The van der Waals surface area contributed by atoms with Gasteiger partial charge in [-0.15, -0.1) is 0 Å². The second kappa shape index (κ2) is 7.39. The summed E-state index contributed by atoms with van der Waals surface area (Å²) in [5.74, 6) is 5.09. The van der Waals surface area contributed by atoms with E-state index in [1.807, 2.05) is 23.5 Å². The Kier molecular flexibility index (Phi) is 5.82. The Morgan fingerprint density at radius 3 is 2.89 bits per heavy atom. The van der Waals surface area contributed by atoms with Crippen LogP contribution in [-0.2, 0) is 17.3 Å². The van der Waals surface area contributed by atoms with E-state index in [1.54, 1.807) is 0 Å². The molecule has 1 aliphatic heterocycles. The minimum atomic E-state index is 0.679. The van der Waals surface area contributed by atoms with Gasteiger partial charge in [-0.1, -0.05) is 20.8 Å². The van der Waals surface area contributed by atoms with Crippen LogP contribution in [-0.4, -0.2) is 21.8 Å². The second-order valence-electron chi connectivity index (χ2n) is 4.86. The Balaban J connectivity index is 2.11. The van der Waals surface area contributed by atoms with Gasteiger partial charge in [-0.3, -0.25) is 0 Å². The number of nitrogens with zero attached hydrogens (tertiary/aromatic N) is 2. The quantitative estimate of drug-likeness (QED) is 0.821. The summed E-state index contributed by atoms with van der Waals surface area (Å²) in [6.07, 6.45) is 2.33. The molecule has 106 valence electrons. The van der Waals surface area contributed by atoms with Gasteiger partial charge in [0.15, 0.2) is 0 Å². The maximum Gasteiger partial charge on any atom is 0.140 e. The third-order valence-corrected chi connectivity index (χ3v) is 5.54. The Morgan fingerprint density at radius 2 is 2.16 bits per heavy atom. The number of fused-ring (bicyclic) bond motifs is 1. The molecular formula is C14H23N3S2. The van der Waals surface area contributed by atoms with Gasteiger partial charge in [-0.2, -0.15) is 23.5 Å². The first-order valence-electron chi connectivity index (χ1n) is 7.06. The van der Waals surface area contributed by atoms with Crippen LogP contribution in [0.3, 0.4) is 0 Å². The van der Waals surface area contributed by atoms with Crippen molar-refractivity contribution in [3.63, 3.8) is 0 Å². The van der Waals surface area contributed by atoms with Gasteiger partial charge < -0.3 is 5.32 Å². The van der Waals surface area contributed by atoms with Crippen LogP contribution >= 0.6 is 23.5 Å². The minimum Gasteiger partial charge on any atom is -0.370 e. The van der Waals surface area contributed by atoms with Crippen LogP contribution in [0.5, 0.6) is 0 Å². The van der Waals surface area contributed by atoms with E-state index in [1.165, 1.54) is 17.7 Å². The summed E-state index contributed by atoms with van der Waals surface area (Å²) in [6.45, 7) is 7.67. The van der Waals surface area contributed by atoms with Crippen LogP contribution in [0.15, 0.2) is 0 Å². The van der Waals surface area contributed by atoms with E-state index in [-0.39, 0.29) is 0 Å². The maximum absolute atomic E-state index is 4.74. The molecule has 0 spiro atoms. The standard InChI is InChI=1S/C14H23N3S2/c1-4-6-15-14-11-7-18-8-12(11)16-13(17-14)9-19-10(3)5-2/h10H,4-9H2,1-3H3,(H,15,16,17). The molecule has 0 amide bonds. The average Bonchev–Trinajstić information content (AvgIpc) is 2.90. The SMILES string of the molecule is CCCNc1nc(CSC(C)CC)nc2c1CSC2. The highest BCUT2D eigenvalue weighted by molar-refractivity contribution is 7.99. The topological polar surface area (TPSA) is 37.8 Å². The van der Waals surface area contributed by atoms with Gasteiger partial charge in [0, 0.05) is 28.9 Å². The molecule has 5 heteroatoms. The number of nitrogens with one attached hydrogen (secondary N) is 1. The lowest BCUT2D eigenvalue weighted by molar-refractivity contribution is 0.895. The highest BCUT2D eigenvalue weighted by Gasteiger charge is 2.19. The molecule has 1 N–H and O–H groups in total. The fraction of sp³-hybridized carbons (Fsp3) is 0.714. The predicted molar refractivity (Wildman–Crippen MR) is 86.9 cm³/mol. The number of rotatable bonds is 7. The Bertz CT molecular complexity index is 423. The number of thioether (sulfide) groups is 2. The third-order valence-electron chi connectivity index (χ3n) is 3.24. The molecule has 19 heavy (non-hydrogen) atoms. The molecule has 1 aromatic rings. The molecular weight excluding hydrogens is 274 g/mol. The van der Waals surface area contributed by atoms with Crippen molar-refractivity contribution < 1.29 is 0 Å². The smallest absolute Gasteiger partial charge is 0.140 e. The molecule has 0 saturated carbocycles. The van der Waals surface area contributed by atoms with Crippen molar-refractivity contribution in [2.45, 2.75) is 56.1 Å². The molecule has 0 radical (unpaired) electrons. The van der Waals surface area contributed by atoms with Crippen molar-refractivity contribution in [3.8, 4) is 0 Å². The van der Waals surface area contributed by atoms with Crippen molar-refractivity contribution in [1.29, 1.82) is 0 Å². The zero-order chi connectivity index (χ0) is 13.7. The predicted octanol–water partition coefficient (Wildman–Crippen LogP) is 4.08. The molecule has 0 saturated heterocycles. The third kappa shape index (κ3) is 4.02. The normalized spacial score (nSPS) is 15.3. The van der Waals surface area contributed by atoms with Crippen LogP contribution < -0.4 is 5.32 Å². The Morgan fingerprint density at radius 1 is 1.32 bits per heavy atom. The van der Waals surface area contributed by atoms with Crippen molar-refractivity contribution in [1.82, 2.24) is 9.97 Å². The molecule has 0 aliphatic carbocycles. The van der Waals surface area contributed by atoms with Gasteiger partial charge in [0.25, 0.3) is 0 Å². The van der Waals surface area contributed by atoms with Gasteiger partial charge in [0.05, 0.1) is 11.4 Å². The van der Waals surface area contributed by atoms with Gasteiger partial charge in [0.2, 0.25) is 0 Å². The zero-order valence-corrected chi connectivity index (χ0v) is 13.7. The molecule has 1 atom stereocenters. The average molecular weight is 297 g/mol. The maximum atomic E-state index is 4.74. The lowest BCUT2D eigenvalue weighted by Crippen LogP contribution is -2.09. The molecule has 0 aromatic carbocycles. The van der Waals surface area contributed by atoms with E-state index in [0.29, 0.717) is 5.25 Å². The molecule has 1 aromatic heterocycles. The highest BCUT2D eigenvalue weighted by atomic mass is 32.2. The van der Waals surface area contributed by atoms with Gasteiger partial charge in [-0.05, 0) is 12.8 Å². The summed E-state index contributed by atoms with van der Waals surface area (Å²) in [6, 6.07) is 0. The van der Waals surface area contributed by atoms with E-state index in [4.69, 9.17) is 9.97 Å². The van der Waals surface area contributed by atoms with Crippen molar-refractivity contribution in [2.75, 3.05) is 11.9 Å². The first kappa shape index (κ1) is 15.0. The molecule has 2 heterocycles. The fourth-order valence-corrected chi connectivity index (χ4v) is 3.73. The molecule has 1 aliphatic rings. The van der Waals surface area contributed by atoms with Gasteiger partial charge in [-0.25, -0.2) is 9.97 Å². The molecule has 2 rings (SSSR count). The summed E-state index contributed by atoms with van der Waals surface area (Å²) >= 11 is 3.89. The number of hydrogen-bond acceptors (Lipinski definition) is 5. The van der Waals surface area contributed by atoms with E-state index in [9.17, 15) is 0 Å². The minimum absolute atomic E-state index is 0.679. The summed E-state index contributed by atoms with van der Waals surface area (Å²) < 4.78 is 0. The van der Waals surface area contributed by atoms with Crippen LogP contribution in [0.4, 0.5) is 5.82 Å². The van der Waals surface area contributed by atoms with Crippen molar-refractivity contribution in [3.05, 3.63) is 17.1 Å². The van der Waals surface area contributed by atoms with Crippen molar-refractivity contribution >= 4 is 29.3 Å². The number of aromatic nitrogens is 2. The van der Waals surface area contributed by atoms with Crippen LogP contribution in [0.1, 0.15) is 50.7 Å². The van der Waals surface area contributed by atoms with E-state index < -0.39 is 0 Å². The second-order valence-corrected chi connectivity index (χ2v) is 7.28. The zero-order valence-electron chi connectivity index (χ0n) is 12.0. The number of anilines is 1. The van der Waals surface area contributed by atoms with E-state index >= 15 is 0 Å². The Hall–Kier alpha value is -0.420. The van der Waals surface area contributed by atoms with Crippen LogP contribution in [0, 0.1) is 0 Å². The number of hydrogen-bond donors (Lipinski definition) is 1. The highest BCUT2D eigenvalue weighted by Crippen LogP contribution is 2.33. The molecule has 0 fully saturated rings. The van der Waals surface area contributed by atoms with Gasteiger partial charge in [0.1, 0.15) is 11.6 Å². The fourth-order valence-electron chi connectivity index (χ4n) is 1.89. The molecule has 0 bridgehead atoms. The first-order chi connectivity index (χ1) is 9.24.